The molecule has 1 atom stereocenters. The molecule has 1 aliphatic rings. The minimum Gasteiger partial charge on any atom is -0.383 e. The van der Waals surface area contributed by atoms with Gasteiger partial charge in [0.05, 0.1) is 18.3 Å². The number of hydrogen-bond acceptors (Lipinski definition) is 5. The molecule has 0 spiro atoms. The molecule has 1 aliphatic heterocycles. The highest BCUT2D eigenvalue weighted by molar-refractivity contribution is 6.35. The van der Waals surface area contributed by atoms with Crippen molar-refractivity contribution in [1.82, 2.24) is 14.9 Å². The molecule has 0 aliphatic carbocycles. The van der Waals surface area contributed by atoms with Gasteiger partial charge in [0, 0.05) is 21.2 Å². The van der Waals surface area contributed by atoms with E-state index in [0.717, 1.165) is 5.56 Å². The van der Waals surface area contributed by atoms with Crippen molar-refractivity contribution in [2.45, 2.75) is 19.5 Å². The van der Waals surface area contributed by atoms with Gasteiger partial charge in [0.25, 0.3) is 5.91 Å². The first kappa shape index (κ1) is 14.9. The van der Waals surface area contributed by atoms with Crippen molar-refractivity contribution >= 4 is 40.9 Å². The predicted molar refractivity (Wildman–Crippen MR) is 85.6 cm³/mol. The summed E-state index contributed by atoms with van der Waals surface area (Å²) in [6.07, 6.45) is 0. The third-order valence-electron chi connectivity index (χ3n) is 3.65. The molecular formula is C14H13Cl2N5O. The van der Waals surface area contributed by atoms with Gasteiger partial charge in [0.1, 0.15) is 5.82 Å². The predicted octanol–water partition coefficient (Wildman–Crippen LogP) is 2.66. The van der Waals surface area contributed by atoms with E-state index >= 15 is 0 Å². The van der Waals surface area contributed by atoms with Crippen LogP contribution < -0.4 is 11.5 Å². The lowest BCUT2D eigenvalue weighted by atomic mass is 10.1. The molecule has 6 nitrogen and oxygen atoms in total. The maximum absolute atomic E-state index is 12.7. The van der Waals surface area contributed by atoms with Gasteiger partial charge in [-0.2, -0.15) is 4.98 Å². The van der Waals surface area contributed by atoms with Crippen molar-refractivity contribution < 1.29 is 4.79 Å². The monoisotopic (exact) mass is 337 g/mol. The summed E-state index contributed by atoms with van der Waals surface area (Å²) < 4.78 is 0. The number of halogens is 2. The zero-order chi connectivity index (χ0) is 16.0. The van der Waals surface area contributed by atoms with Gasteiger partial charge < -0.3 is 16.4 Å². The summed E-state index contributed by atoms with van der Waals surface area (Å²) in [5.41, 5.74) is 13.3. The summed E-state index contributed by atoms with van der Waals surface area (Å²) >= 11 is 11.9. The van der Waals surface area contributed by atoms with Gasteiger partial charge in [-0.15, -0.1) is 0 Å². The Bertz CT molecular complexity index is 760. The van der Waals surface area contributed by atoms with Crippen LogP contribution in [-0.4, -0.2) is 20.8 Å². The number of rotatable bonds is 1. The number of aromatic nitrogens is 2. The molecule has 1 aromatic heterocycles. The number of benzene rings is 1. The van der Waals surface area contributed by atoms with Crippen LogP contribution in [0.5, 0.6) is 0 Å². The third-order valence-corrected chi connectivity index (χ3v) is 4.09. The molecule has 0 fully saturated rings. The molecule has 1 amide bonds. The molecule has 3 rings (SSSR count). The second kappa shape index (κ2) is 5.30. The third kappa shape index (κ3) is 2.44. The van der Waals surface area contributed by atoms with E-state index in [9.17, 15) is 4.79 Å². The Kier molecular flexibility index (Phi) is 3.58. The standard InChI is InChI=1S/C14H13Cl2N5O/c1-6-11-10(12(17)20-14(18)19-11)5-21(6)13(22)7-2-8(15)4-9(16)3-7/h2-4,6H,5H2,1H3,(H4,17,18,19,20). The van der Waals surface area contributed by atoms with Crippen LogP contribution in [0.1, 0.15) is 34.6 Å². The number of anilines is 2. The van der Waals surface area contributed by atoms with Gasteiger partial charge in [-0.1, -0.05) is 23.2 Å². The maximum atomic E-state index is 12.7. The van der Waals surface area contributed by atoms with E-state index in [1.54, 1.807) is 23.1 Å². The molecule has 2 heterocycles. The summed E-state index contributed by atoms with van der Waals surface area (Å²) in [6.45, 7) is 2.19. The van der Waals surface area contributed by atoms with Crippen LogP contribution in [0.2, 0.25) is 10.0 Å². The second-order valence-corrected chi connectivity index (χ2v) is 5.97. The number of nitrogen functional groups attached to an aromatic ring is 2. The van der Waals surface area contributed by atoms with Crippen LogP contribution in [0.25, 0.3) is 0 Å². The summed E-state index contributed by atoms with van der Waals surface area (Å²) in [7, 11) is 0. The molecule has 1 aromatic carbocycles. The lowest BCUT2D eigenvalue weighted by molar-refractivity contribution is 0.0703. The number of fused-ring (bicyclic) bond motifs is 1. The zero-order valence-corrected chi connectivity index (χ0v) is 13.2. The molecule has 8 heteroatoms. The van der Waals surface area contributed by atoms with Gasteiger partial charge >= 0.3 is 0 Å². The minimum absolute atomic E-state index is 0.100. The molecule has 1 unspecified atom stereocenters. The van der Waals surface area contributed by atoms with E-state index in [1.165, 1.54) is 0 Å². The van der Waals surface area contributed by atoms with Crippen LogP contribution in [0.3, 0.4) is 0 Å². The molecule has 0 saturated carbocycles. The van der Waals surface area contributed by atoms with Gasteiger partial charge in [-0.25, -0.2) is 4.98 Å². The Morgan fingerprint density at radius 1 is 1.23 bits per heavy atom. The number of carbonyl (C=O) groups excluding carboxylic acids is 1. The van der Waals surface area contributed by atoms with Gasteiger partial charge in [0.15, 0.2) is 0 Å². The normalized spacial score (nSPS) is 16.7. The minimum atomic E-state index is -0.257. The first-order valence-corrected chi connectivity index (χ1v) is 7.31. The van der Waals surface area contributed by atoms with Gasteiger partial charge in [0.2, 0.25) is 5.95 Å². The lowest BCUT2D eigenvalue weighted by Crippen LogP contribution is -2.28. The highest BCUT2D eigenvalue weighted by Crippen LogP contribution is 2.36. The van der Waals surface area contributed by atoms with E-state index < -0.39 is 0 Å². The largest absolute Gasteiger partial charge is 0.383 e. The van der Waals surface area contributed by atoms with E-state index in [-0.39, 0.29) is 17.9 Å². The molecule has 22 heavy (non-hydrogen) atoms. The fourth-order valence-electron chi connectivity index (χ4n) is 2.59. The van der Waals surface area contributed by atoms with Crippen molar-refractivity contribution in [1.29, 1.82) is 0 Å². The van der Waals surface area contributed by atoms with Crippen LogP contribution in [-0.2, 0) is 6.54 Å². The lowest BCUT2D eigenvalue weighted by Gasteiger charge is -2.21. The topological polar surface area (TPSA) is 98.1 Å². The van der Waals surface area contributed by atoms with Crippen LogP contribution in [0.4, 0.5) is 11.8 Å². The Hall–Kier alpha value is -2.05. The highest BCUT2D eigenvalue weighted by atomic mass is 35.5. The van der Waals surface area contributed by atoms with Crippen molar-refractivity contribution in [3.05, 3.63) is 45.1 Å². The Balaban J connectivity index is 1.97. The molecule has 0 bridgehead atoms. The second-order valence-electron chi connectivity index (χ2n) is 5.10. The van der Waals surface area contributed by atoms with Crippen LogP contribution >= 0.6 is 23.2 Å². The average molecular weight is 338 g/mol. The van der Waals surface area contributed by atoms with Crippen molar-refractivity contribution in [2.24, 2.45) is 0 Å². The van der Waals surface area contributed by atoms with Gasteiger partial charge in [-0.3, -0.25) is 4.79 Å². The number of nitrogens with zero attached hydrogens (tertiary/aromatic N) is 3. The first-order chi connectivity index (χ1) is 10.4. The van der Waals surface area contributed by atoms with Crippen molar-refractivity contribution in [3.63, 3.8) is 0 Å². The number of amides is 1. The molecule has 0 saturated heterocycles. The van der Waals surface area contributed by atoms with E-state index in [1.807, 2.05) is 6.92 Å². The molecule has 0 radical (unpaired) electrons. The summed E-state index contributed by atoms with van der Waals surface area (Å²) in [6, 6.07) is 4.48. The Labute approximate surface area is 137 Å². The SMILES string of the molecule is CC1c2nc(N)nc(N)c2CN1C(=O)c1cc(Cl)cc(Cl)c1. The van der Waals surface area contributed by atoms with E-state index in [2.05, 4.69) is 9.97 Å². The maximum Gasteiger partial charge on any atom is 0.254 e. The quantitative estimate of drug-likeness (QED) is 0.833. The summed E-state index contributed by atoms with van der Waals surface area (Å²) in [5.74, 6) is 0.199. The first-order valence-electron chi connectivity index (χ1n) is 6.55. The average Bonchev–Trinajstić information content (AvgIpc) is 2.75. The van der Waals surface area contributed by atoms with E-state index in [0.29, 0.717) is 33.7 Å². The van der Waals surface area contributed by atoms with Crippen LogP contribution in [0, 0.1) is 0 Å². The highest BCUT2D eigenvalue weighted by Gasteiger charge is 2.34. The molecule has 2 aromatic rings. The van der Waals surface area contributed by atoms with Crippen LogP contribution in [0.15, 0.2) is 18.2 Å². The van der Waals surface area contributed by atoms with E-state index in [4.69, 9.17) is 34.7 Å². The fraction of sp³-hybridized carbons (Fsp3) is 0.214. The summed E-state index contributed by atoms with van der Waals surface area (Å²) in [4.78, 5) is 22.5. The zero-order valence-electron chi connectivity index (χ0n) is 11.7. The number of nitrogens with two attached hydrogens (primary N) is 2. The number of carbonyl (C=O) groups is 1. The Morgan fingerprint density at radius 3 is 2.50 bits per heavy atom. The smallest absolute Gasteiger partial charge is 0.254 e. The van der Waals surface area contributed by atoms with Gasteiger partial charge in [-0.05, 0) is 25.1 Å². The molecule has 4 N–H and O–H groups in total. The molecule has 114 valence electrons. The molecular weight excluding hydrogens is 325 g/mol. The summed E-state index contributed by atoms with van der Waals surface area (Å²) in [5, 5.41) is 0.813. The Morgan fingerprint density at radius 2 is 1.86 bits per heavy atom. The van der Waals surface area contributed by atoms with Crippen molar-refractivity contribution in [2.75, 3.05) is 11.5 Å². The number of hydrogen-bond donors (Lipinski definition) is 2. The van der Waals surface area contributed by atoms with Crippen molar-refractivity contribution in [3.8, 4) is 0 Å². The fourth-order valence-corrected chi connectivity index (χ4v) is 3.12.